The van der Waals surface area contributed by atoms with Gasteiger partial charge in [0.25, 0.3) is 0 Å². The molecule has 0 saturated heterocycles. The minimum atomic E-state index is -3.01. The van der Waals surface area contributed by atoms with Crippen molar-refractivity contribution in [3.63, 3.8) is 0 Å². The molecule has 0 aliphatic rings. The number of halogens is 1. The molecule has 114 valence electrons. The second-order valence-corrected chi connectivity index (χ2v) is 7.62. The molecular weight excluding hydrogens is 279 g/mol. The summed E-state index contributed by atoms with van der Waals surface area (Å²) >= 11 is 0. The molecule has 0 bridgehead atoms. The standard InChI is InChI=1S/C14H23FN2O2S/c1-11(2)16-10-12-9-13(15)5-6-14(12)17(3)7-8-20(4,18)19/h5-6,9,11,16H,7-8,10H2,1-4H3. The first kappa shape index (κ1) is 16.9. The van der Waals surface area contributed by atoms with Gasteiger partial charge in [-0.3, -0.25) is 0 Å². The molecule has 0 radical (unpaired) electrons. The molecule has 1 aromatic rings. The van der Waals surface area contributed by atoms with Crippen molar-refractivity contribution in [2.75, 3.05) is 30.5 Å². The third-order valence-electron chi connectivity index (χ3n) is 2.95. The molecule has 6 heteroatoms. The fraction of sp³-hybridized carbons (Fsp3) is 0.571. The smallest absolute Gasteiger partial charge is 0.149 e. The highest BCUT2D eigenvalue weighted by Crippen LogP contribution is 2.20. The van der Waals surface area contributed by atoms with Crippen molar-refractivity contribution in [3.8, 4) is 0 Å². The molecule has 1 rings (SSSR count). The zero-order valence-corrected chi connectivity index (χ0v) is 13.3. The minimum Gasteiger partial charge on any atom is -0.373 e. The lowest BCUT2D eigenvalue weighted by molar-refractivity contribution is 0.580. The van der Waals surface area contributed by atoms with Crippen LogP contribution in [0.5, 0.6) is 0 Å². The summed E-state index contributed by atoms with van der Waals surface area (Å²) in [5, 5.41) is 3.25. The zero-order valence-electron chi connectivity index (χ0n) is 12.5. The van der Waals surface area contributed by atoms with Crippen LogP contribution in [-0.4, -0.2) is 40.1 Å². The predicted molar refractivity (Wildman–Crippen MR) is 81.4 cm³/mol. The molecule has 0 spiro atoms. The molecule has 0 saturated carbocycles. The van der Waals surface area contributed by atoms with E-state index >= 15 is 0 Å². The second-order valence-electron chi connectivity index (χ2n) is 5.36. The SMILES string of the molecule is CC(C)NCc1cc(F)ccc1N(C)CCS(C)(=O)=O. The number of nitrogens with zero attached hydrogens (tertiary/aromatic N) is 1. The van der Waals surface area contributed by atoms with E-state index in [1.54, 1.807) is 6.07 Å². The topological polar surface area (TPSA) is 49.4 Å². The third-order valence-corrected chi connectivity index (χ3v) is 3.88. The van der Waals surface area contributed by atoms with Gasteiger partial charge in [0.1, 0.15) is 15.7 Å². The highest BCUT2D eigenvalue weighted by atomic mass is 32.2. The molecule has 0 heterocycles. The highest BCUT2D eigenvalue weighted by molar-refractivity contribution is 7.90. The maximum atomic E-state index is 13.4. The molecule has 0 amide bonds. The van der Waals surface area contributed by atoms with Crippen LogP contribution >= 0.6 is 0 Å². The predicted octanol–water partition coefficient (Wildman–Crippen LogP) is 1.80. The molecule has 1 N–H and O–H groups in total. The van der Waals surface area contributed by atoms with Crippen molar-refractivity contribution in [2.45, 2.75) is 26.4 Å². The van der Waals surface area contributed by atoms with E-state index in [2.05, 4.69) is 5.32 Å². The van der Waals surface area contributed by atoms with Crippen molar-refractivity contribution in [2.24, 2.45) is 0 Å². The average Bonchev–Trinajstić information content (AvgIpc) is 2.32. The largest absolute Gasteiger partial charge is 0.373 e. The number of nitrogens with one attached hydrogen (secondary N) is 1. The van der Waals surface area contributed by atoms with Crippen LogP contribution in [0.1, 0.15) is 19.4 Å². The van der Waals surface area contributed by atoms with Crippen LogP contribution in [0, 0.1) is 5.82 Å². The molecule has 1 aromatic carbocycles. The molecule has 0 aliphatic heterocycles. The van der Waals surface area contributed by atoms with Crippen molar-refractivity contribution in [1.82, 2.24) is 5.32 Å². The van der Waals surface area contributed by atoms with Gasteiger partial charge in [-0.2, -0.15) is 0 Å². The Morgan fingerprint density at radius 1 is 1.35 bits per heavy atom. The summed E-state index contributed by atoms with van der Waals surface area (Å²) in [6, 6.07) is 4.87. The van der Waals surface area contributed by atoms with Crippen molar-refractivity contribution < 1.29 is 12.8 Å². The molecule has 4 nitrogen and oxygen atoms in total. The van der Waals surface area contributed by atoms with E-state index < -0.39 is 9.84 Å². The van der Waals surface area contributed by atoms with Gasteiger partial charge < -0.3 is 10.2 Å². The Bertz CT molecular complexity index is 544. The summed E-state index contributed by atoms with van der Waals surface area (Å²) in [5.41, 5.74) is 1.68. The Kier molecular flexibility index (Phi) is 5.95. The molecule has 0 fully saturated rings. The average molecular weight is 302 g/mol. The normalized spacial score (nSPS) is 11.9. The second kappa shape index (κ2) is 7.04. The molecule has 0 atom stereocenters. The number of hydrogen-bond acceptors (Lipinski definition) is 4. The number of anilines is 1. The monoisotopic (exact) mass is 302 g/mol. The Morgan fingerprint density at radius 3 is 2.55 bits per heavy atom. The van der Waals surface area contributed by atoms with E-state index in [4.69, 9.17) is 0 Å². The van der Waals surface area contributed by atoms with Gasteiger partial charge in [0.05, 0.1) is 5.75 Å². The summed E-state index contributed by atoms with van der Waals surface area (Å²) in [5.74, 6) is -0.205. The first-order chi connectivity index (χ1) is 9.19. The van der Waals surface area contributed by atoms with Crippen LogP contribution in [0.15, 0.2) is 18.2 Å². The van der Waals surface area contributed by atoms with Crippen LogP contribution in [0.2, 0.25) is 0 Å². The van der Waals surface area contributed by atoms with Gasteiger partial charge in [0.2, 0.25) is 0 Å². The van der Waals surface area contributed by atoms with E-state index in [-0.39, 0.29) is 11.6 Å². The summed E-state index contributed by atoms with van der Waals surface area (Å²) < 4.78 is 35.8. The Hall–Kier alpha value is -1.14. The lowest BCUT2D eigenvalue weighted by Gasteiger charge is -2.23. The number of rotatable bonds is 7. The van der Waals surface area contributed by atoms with Crippen LogP contribution in [-0.2, 0) is 16.4 Å². The van der Waals surface area contributed by atoms with Gasteiger partial charge in [0.15, 0.2) is 0 Å². The van der Waals surface area contributed by atoms with Crippen LogP contribution in [0.25, 0.3) is 0 Å². The van der Waals surface area contributed by atoms with E-state index in [0.29, 0.717) is 19.1 Å². The lowest BCUT2D eigenvalue weighted by atomic mass is 10.1. The van der Waals surface area contributed by atoms with Crippen molar-refractivity contribution in [1.29, 1.82) is 0 Å². The van der Waals surface area contributed by atoms with Crippen LogP contribution in [0.3, 0.4) is 0 Å². The van der Waals surface area contributed by atoms with Crippen molar-refractivity contribution >= 4 is 15.5 Å². The molecule has 0 aliphatic carbocycles. The fourth-order valence-electron chi connectivity index (χ4n) is 1.81. The van der Waals surface area contributed by atoms with Gasteiger partial charge in [-0.25, -0.2) is 12.8 Å². The Labute approximate surface area is 120 Å². The summed E-state index contributed by atoms with van der Waals surface area (Å²) in [6.07, 6.45) is 1.22. The van der Waals surface area contributed by atoms with E-state index in [9.17, 15) is 12.8 Å². The molecular formula is C14H23FN2O2S. The van der Waals surface area contributed by atoms with Crippen molar-refractivity contribution in [3.05, 3.63) is 29.6 Å². The number of benzene rings is 1. The summed E-state index contributed by atoms with van der Waals surface area (Å²) in [7, 11) is -1.19. The fourth-order valence-corrected chi connectivity index (χ4v) is 2.41. The lowest BCUT2D eigenvalue weighted by Crippen LogP contribution is -2.28. The molecule has 0 unspecified atom stereocenters. The van der Waals surface area contributed by atoms with Gasteiger partial charge in [-0.1, -0.05) is 13.8 Å². The van der Waals surface area contributed by atoms with Gasteiger partial charge in [-0.05, 0) is 23.8 Å². The zero-order chi connectivity index (χ0) is 15.3. The van der Waals surface area contributed by atoms with Gasteiger partial charge in [0, 0.05) is 38.1 Å². The third kappa shape index (κ3) is 5.88. The van der Waals surface area contributed by atoms with Gasteiger partial charge in [-0.15, -0.1) is 0 Å². The highest BCUT2D eigenvalue weighted by Gasteiger charge is 2.11. The first-order valence-corrected chi connectivity index (χ1v) is 8.66. The first-order valence-electron chi connectivity index (χ1n) is 6.59. The molecule has 20 heavy (non-hydrogen) atoms. The van der Waals surface area contributed by atoms with Crippen LogP contribution in [0.4, 0.5) is 10.1 Å². The number of hydrogen-bond donors (Lipinski definition) is 1. The maximum absolute atomic E-state index is 13.4. The summed E-state index contributed by atoms with van der Waals surface area (Å²) in [6.45, 7) is 4.98. The quantitative estimate of drug-likeness (QED) is 0.834. The van der Waals surface area contributed by atoms with E-state index in [0.717, 1.165) is 11.3 Å². The number of sulfone groups is 1. The Morgan fingerprint density at radius 2 is 2.00 bits per heavy atom. The summed E-state index contributed by atoms with van der Waals surface area (Å²) in [4.78, 5) is 1.85. The maximum Gasteiger partial charge on any atom is 0.149 e. The minimum absolute atomic E-state index is 0.0813. The Balaban J connectivity index is 2.86. The van der Waals surface area contributed by atoms with E-state index in [1.807, 2.05) is 25.8 Å². The van der Waals surface area contributed by atoms with Crippen LogP contribution < -0.4 is 10.2 Å². The van der Waals surface area contributed by atoms with Gasteiger partial charge >= 0.3 is 0 Å². The van der Waals surface area contributed by atoms with E-state index in [1.165, 1.54) is 18.4 Å². The molecule has 0 aromatic heterocycles.